The van der Waals surface area contributed by atoms with Gasteiger partial charge in [-0.1, -0.05) is 19.9 Å². The number of nitrogens with one attached hydrogen (secondary N) is 1. The summed E-state index contributed by atoms with van der Waals surface area (Å²) in [6.45, 7) is 7.81. The molecule has 1 atom stereocenters. The van der Waals surface area contributed by atoms with Crippen LogP contribution < -0.4 is 10.1 Å². The maximum absolute atomic E-state index is 13.2. The van der Waals surface area contributed by atoms with E-state index < -0.39 is 0 Å². The smallest absolute Gasteiger partial charge is 0.126 e. The van der Waals surface area contributed by atoms with Crippen molar-refractivity contribution < 1.29 is 9.13 Å². The van der Waals surface area contributed by atoms with Crippen molar-refractivity contribution in [3.05, 3.63) is 29.6 Å². The molecule has 3 heteroatoms. The molecule has 0 heterocycles. The van der Waals surface area contributed by atoms with Crippen LogP contribution in [0.5, 0.6) is 5.75 Å². The van der Waals surface area contributed by atoms with Crippen LogP contribution in [0.4, 0.5) is 4.39 Å². The van der Waals surface area contributed by atoms with E-state index in [1.807, 2.05) is 6.92 Å². The normalized spacial score (nSPS) is 12.5. The quantitative estimate of drug-likeness (QED) is 0.783. The first-order valence-electron chi connectivity index (χ1n) is 6.34. The molecule has 0 amide bonds. The average Bonchev–Trinajstić information content (AvgIpc) is 2.33. The van der Waals surface area contributed by atoms with Crippen LogP contribution in [0.15, 0.2) is 18.2 Å². The van der Waals surface area contributed by atoms with Gasteiger partial charge in [0.25, 0.3) is 0 Å². The van der Waals surface area contributed by atoms with Crippen molar-refractivity contribution in [1.29, 1.82) is 0 Å². The van der Waals surface area contributed by atoms with E-state index >= 15 is 0 Å². The summed E-state index contributed by atoms with van der Waals surface area (Å²) in [6.07, 6.45) is 2.00. The van der Waals surface area contributed by atoms with E-state index in [9.17, 15) is 4.39 Å². The van der Waals surface area contributed by atoms with Gasteiger partial charge in [-0.25, -0.2) is 4.39 Å². The van der Waals surface area contributed by atoms with Crippen molar-refractivity contribution in [3.63, 3.8) is 0 Å². The molecular formula is C14H22FNO. The van der Waals surface area contributed by atoms with Gasteiger partial charge in [0.05, 0.1) is 6.61 Å². The molecule has 0 bridgehead atoms. The van der Waals surface area contributed by atoms with Crippen LogP contribution in [0.3, 0.4) is 0 Å². The molecule has 0 fully saturated rings. The van der Waals surface area contributed by atoms with Gasteiger partial charge in [0.1, 0.15) is 11.6 Å². The fraction of sp³-hybridized carbons (Fsp3) is 0.571. The third-order valence-corrected chi connectivity index (χ3v) is 2.60. The molecule has 1 aromatic rings. The Morgan fingerprint density at radius 1 is 1.29 bits per heavy atom. The van der Waals surface area contributed by atoms with E-state index in [2.05, 4.69) is 19.2 Å². The lowest BCUT2D eigenvalue weighted by molar-refractivity contribution is 0.309. The van der Waals surface area contributed by atoms with Crippen molar-refractivity contribution in [2.24, 2.45) is 0 Å². The lowest BCUT2D eigenvalue weighted by Gasteiger charge is -2.18. The highest BCUT2D eigenvalue weighted by Crippen LogP contribution is 2.26. The Labute approximate surface area is 103 Å². The van der Waals surface area contributed by atoms with Crippen molar-refractivity contribution >= 4 is 0 Å². The number of halogens is 1. The summed E-state index contributed by atoms with van der Waals surface area (Å²) in [5.41, 5.74) is 1.02. The van der Waals surface area contributed by atoms with Crippen LogP contribution in [-0.4, -0.2) is 13.2 Å². The summed E-state index contributed by atoms with van der Waals surface area (Å²) in [6, 6.07) is 4.93. The SMILES string of the molecule is CCCNC(C)c1ccc(F)cc1OCCC. The second-order valence-corrected chi connectivity index (χ2v) is 4.21. The standard InChI is InChI=1S/C14H22FNO/c1-4-8-16-11(3)13-7-6-12(15)10-14(13)17-9-5-2/h6-7,10-11,16H,4-5,8-9H2,1-3H3. The van der Waals surface area contributed by atoms with E-state index in [1.165, 1.54) is 12.1 Å². The Bertz CT molecular complexity index is 341. The molecule has 1 rings (SSSR count). The minimum atomic E-state index is -0.248. The van der Waals surface area contributed by atoms with Crippen LogP contribution in [0, 0.1) is 5.82 Å². The fourth-order valence-electron chi connectivity index (χ4n) is 1.67. The highest BCUT2D eigenvalue weighted by Gasteiger charge is 2.11. The van der Waals surface area contributed by atoms with Crippen LogP contribution in [0.1, 0.15) is 45.2 Å². The second-order valence-electron chi connectivity index (χ2n) is 4.21. The number of hydrogen-bond acceptors (Lipinski definition) is 2. The van der Waals surface area contributed by atoms with Crippen molar-refractivity contribution in [2.45, 2.75) is 39.7 Å². The van der Waals surface area contributed by atoms with Crippen LogP contribution in [0.25, 0.3) is 0 Å². The Kier molecular flexibility index (Phi) is 5.98. The van der Waals surface area contributed by atoms with E-state index in [0.29, 0.717) is 12.4 Å². The van der Waals surface area contributed by atoms with E-state index in [1.54, 1.807) is 6.07 Å². The number of benzene rings is 1. The number of hydrogen-bond donors (Lipinski definition) is 1. The summed E-state index contributed by atoms with van der Waals surface area (Å²) in [5.74, 6) is 0.408. The molecule has 0 spiro atoms. The molecule has 1 unspecified atom stereocenters. The van der Waals surface area contributed by atoms with Gasteiger partial charge in [-0.2, -0.15) is 0 Å². The molecule has 96 valence electrons. The lowest BCUT2D eigenvalue weighted by atomic mass is 10.1. The zero-order valence-electron chi connectivity index (χ0n) is 10.9. The topological polar surface area (TPSA) is 21.3 Å². The minimum Gasteiger partial charge on any atom is -0.493 e. The summed E-state index contributed by atoms with van der Waals surface area (Å²) in [4.78, 5) is 0. The molecule has 0 aliphatic rings. The van der Waals surface area contributed by atoms with Crippen molar-refractivity contribution in [1.82, 2.24) is 5.32 Å². The highest BCUT2D eigenvalue weighted by molar-refractivity contribution is 5.36. The van der Waals surface area contributed by atoms with Gasteiger partial charge in [-0.15, -0.1) is 0 Å². The second kappa shape index (κ2) is 7.28. The molecule has 0 aliphatic heterocycles. The van der Waals surface area contributed by atoms with E-state index in [4.69, 9.17) is 4.74 Å². The lowest BCUT2D eigenvalue weighted by Crippen LogP contribution is -2.20. The number of rotatable bonds is 7. The Morgan fingerprint density at radius 3 is 2.71 bits per heavy atom. The van der Waals surface area contributed by atoms with Crippen LogP contribution >= 0.6 is 0 Å². The van der Waals surface area contributed by atoms with Crippen molar-refractivity contribution in [2.75, 3.05) is 13.2 Å². The molecule has 1 aromatic carbocycles. The Hall–Kier alpha value is -1.09. The first kappa shape index (κ1) is 14.0. The van der Waals surface area contributed by atoms with E-state index in [-0.39, 0.29) is 11.9 Å². The Morgan fingerprint density at radius 2 is 2.06 bits per heavy atom. The largest absolute Gasteiger partial charge is 0.493 e. The van der Waals surface area contributed by atoms with Gasteiger partial charge in [-0.3, -0.25) is 0 Å². The molecule has 2 nitrogen and oxygen atoms in total. The molecule has 0 saturated heterocycles. The average molecular weight is 239 g/mol. The van der Waals surface area contributed by atoms with Crippen LogP contribution in [0.2, 0.25) is 0 Å². The summed E-state index contributed by atoms with van der Waals surface area (Å²) in [5, 5.41) is 3.38. The summed E-state index contributed by atoms with van der Waals surface area (Å²) >= 11 is 0. The third-order valence-electron chi connectivity index (χ3n) is 2.60. The van der Waals surface area contributed by atoms with Crippen molar-refractivity contribution in [3.8, 4) is 5.75 Å². The summed E-state index contributed by atoms with van der Waals surface area (Å²) < 4.78 is 18.8. The molecule has 0 aromatic heterocycles. The van der Waals surface area contributed by atoms with Gasteiger partial charge < -0.3 is 10.1 Å². The molecular weight excluding hydrogens is 217 g/mol. The van der Waals surface area contributed by atoms with Gasteiger partial charge >= 0.3 is 0 Å². The Balaban J connectivity index is 2.80. The molecule has 0 aliphatic carbocycles. The maximum Gasteiger partial charge on any atom is 0.126 e. The summed E-state index contributed by atoms with van der Waals surface area (Å²) in [7, 11) is 0. The van der Waals surface area contributed by atoms with Crippen LogP contribution in [-0.2, 0) is 0 Å². The molecule has 17 heavy (non-hydrogen) atoms. The minimum absolute atomic E-state index is 0.183. The van der Waals surface area contributed by atoms with E-state index in [0.717, 1.165) is 24.9 Å². The zero-order valence-corrected chi connectivity index (χ0v) is 10.9. The van der Waals surface area contributed by atoms with Gasteiger partial charge in [0.15, 0.2) is 0 Å². The third kappa shape index (κ3) is 4.35. The highest BCUT2D eigenvalue weighted by atomic mass is 19.1. The first-order valence-corrected chi connectivity index (χ1v) is 6.34. The molecule has 1 N–H and O–H groups in total. The monoisotopic (exact) mass is 239 g/mol. The number of ether oxygens (including phenoxy) is 1. The predicted molar refractivity (Wildman–Crippen MR) is 68.9 cm³/mol. The molecule has 0 radical (unpaired) electrons. The predicted octanol–water partition coefficient (Wildman–Crippen LogP) is 3.68. The zero-order chi connectivity index (χ0) is 12.7. The van der Waals surface area contributed by atoms with Gasteiger partial charge in [0, 0.05) is 17.7 Å². The maximum atomic E-state index is 13.2. The molecule has 0 saturated carbocycles. The fourth-order valence-corrected chi connectivity index (χ4v) is 1.67. The van der Waals surface area contributed by atoms with Gasteiger partial charge in [0.2, 0.25) is 0 Å². The first-order chi connectivity index (χ1) is 8.19. The van der Waals surface area contributed by atoms with Gasteiger partial charge in [-0.05, 0) is 32.4 Å².